The molecule has 3 aromatic carbocycles. The molecule has 1 aromatic heterocycles. The second-order valence-corrected chi connectivity index (χ2v) is 12.2. The lowest BCUT2D eigenvalue weighted by Gasteiger charge is -2.35. The van der Waals surface area contributed by atoms with Gasteiger partial charge in [-0.2, -0.15) is 26.3 Å². The van der Waals surface area contributed by atoms with E-state index >= 15 is 0 Å². The summed E-state index contributed by atoms with van der Waals surface area (Å²) in [6.07, 6.45) is -6.65. The van der Waals surface area contributed by atoms with Crippen LogP contribution < -0.4 is 15.4 Å². The number of thiophene rings is 1. The summed E-state index contributed by atoms with van der Waals surface area (Å²) in [7, 11) is 1.45. The number of hydrogen-bond acceptors (Lipinski definition) is 6. The normalized spacial score (nSPS) is 17.0. The molecule has 1 saturated heterocycles. The third-order valence-corrected chi connectivity index (χ3v) is 9.42. The molecule has 1 aliphatic carbocycles. The molecular weight excluding hydrogens is 641 g/mol. The Balaban J connectivity index is 1.36. The maximum absolute atomic E-state index is 13.9. The van der Waals surface area contributed by atoms with Crippen LogP contribution in [0.4, 0.5) is 47.8 Å². The van der Waals surface area contributed by atoms with Gasteiger partial charge in [0.2, 0.25) is 0 Å². The predicted molar refractivity (Wildman–Crippen MR) is 158 cm³/mol. The van der Waals surface area contributed by atoms with E-state index in [9.17, 15) is 35.5 Å². The van der Waals surface area contributed by atoms with Gasteiger partial charge in [-0.3, -0.25) is 4.79 Å². The number of carbonyl (C=O) groups excluding carboxylic acids is 1. The third-order valence-electron chi connectivity index (χ3n) is 8.27. The van der Waals surface area contributed by atoms with E-state index in [0.717, 1.165) is 47.9 Å². The number of halogens is 7. The van der Waals surface area contributed by atoms with Crippen molar-refractivity contribution in [1.82, 2.24) is 0 Å². The summed E-state index contributed by atoms with van der Waals surface area (Å²) < 4.78 is 112. The van der Waals surface area contributed by atoms with Gasteiger partial charge >= 0.3 is 12.4 Å². The van der Waals surface area contributed by atoms with Crippen molar-refractivity contribution < 1.29 is 49.7 Å². The Bertz CT molecular complexity index is 1770. The van der Waals surface area contributed by atoms with Gasteiger partial charge in [-0.15, -0.1) is 11.3 Å². The van der Waals surface area contributed by atoms with E-state index in [2.05, 4.69) is 10.6 Å². The quantitative estimate of drug-likeness (QED) is 0.201. The average Bonchev–Trinajstić information content (AvgIpc) is 3.62. The molecule has 4 aromatic rings. The minimum Gasteiger partial charge on any atom is -0.495 e. The van der Waals surface area contributed by atoms with Crippen LogP contribution in [0, 0.1) is 5.82 Å². The molecule has 1 amide bonds. The van der Waals surface area contributed by atoms with Crippen LogP contribution in [-0.4, -0.2) is 32.0 Å². The topological polar surface area (TPSA) is 68.8 Å². The molecule has 0 bridgehead atoms. The standard InChI is InChI=1S/C32H27F7N2O4S/c1-43-25-7-2-18(17-8-10-30(11-9-17)44-12-13-45-30)14-24(25)41-27-21-5-3-19(31(34,35)36)15-26(21)46-28(27)29(42)40-20-4-6-23(33)22(16-20)32(37,38)39/h2-7,14-17,41H,8-13H2,1H3,(H,40,42). The molecule has 1 spiro atoms. The first-order valence-electron chi connectivity index (χ1n) is 14.3. The number of methoxy groups -OCH3 is 1. The fourth-order valence-corrected chi connectivity index (χ4v) is 7.05. The van der Waals surface area contributed by atoms with Gasteiger partial charge in [-0.1, -0.05) is 12.1 Å². The molecule has 2 N–H and O–H groups in total. The highest BCUT2D eigenvalue weighted by Gasteiger charge is 2.41. The van der Waals surface area contributed by atoms with Gasteiger partial charge in [0.15, 0.2) is 5.79 Å². The van der Waals surface area contributed by atoms with Crippen LogP contribution in [0.15, 0.2) is 54.6 Å². The van der Waals surface area contributed by atoms with Gasteiger partial charge in [0, 0.05) is 28.6 Å². The Morgan fingerprint density at radius 1 is 0.935 bits per heavy atom. The van der Waals surface area contributed by atoms with Crippen LogP contribution in [0.3, 0.4) is 0 Å². The third kappa shape index (κ3) is 6.38. The average molecular weight is 669 g/mol. The van der Waals surface area contributed by atoms with Crippen LogP contribution in [0.1, 0.15) is 58.0 Å². The van der Waals surface area contributed by atoms with Crippen molar-refractivity contribution in [3.63, 3.8) is 0 Å². The molecule has 14 heteroatoms. The molecule has 1 aliphatic heterocycles. The van der Waals surface area contributed by atoms with E-state index in [0.29, 0.717) is 49.6 Å². The minimum atomic E-state index is -5.01. The first kappa shape index (κ1) is 32.1. The van der Waals surface area contributed by atoms with Gasteiger partial charge in [0.25, 0.3) is 5.91 Å². The summed E-state index contributed by atoms with van der Waals surface area (Å²) in [6.45, 7) is 1.11. The summed E-state index contributed by atoms with van der Waals surface area (Å²) in [5.41, 5.74) is -1.32. The number of hydrogen-bond donors (Lipinski definition) is 2. The summed E-state index contributed by atoms with van der Waals surface area (Å²) in [6, 6.07) is 10.5. The van der Waals surface area contributed by atoms with Gasteiger partial charge in [-0.05, 0) is 66.8 Å². The summed E-state index contributed by atoms with van der Waals surface area (Å²) in [5, 5.41) is 5.78. The Kier molecular flexibility index (Phi) is 8.40. The summed E-state index contributed by atoms with van der Waals surface area (Å²) in [4.78, 5) is 13.4. The number of benzene rings is 3. The molecule has 0 unspecified atom stereocenters. The van der Waals surface area contributed by atoms with E-state index in [-0.39, 0.29) is 32.3 Å². The highest BCUT2D eigenvalue weighted by atomic mass is 32.1. The highest BCUT2D eigenvalue weighted by molar-refractivity contribution is 7.21. The van der Waals surface area contributed by atoms with Crippen molar-refractivity contribution in [2.24, 2.45) is 0 Å². The predicted octanol–water partition coefficient (Wildman–Crippen LogP) is 9.48. The van der Waals surface area contributed by atoms with Crippen molar-refractivity contribution in [3.8, 4) is 5.75 Å². The Hall–Kier alpha value is -3.88. The van der Waals surface area contributed by atoms with Crippen molar-refractivity contribution in [3.05, 3.63) is 82.0 Å². The molecule has 2 aliphatic rings. The number of rotatable bonds is 6. The monoisotopic (exact) mass is 668 g/mol. The number of carbonyl (C=O) groups is 1. The van der Waals surface area contributed by atoms with Crippen LogP contribution >= 0.6 is 11.3 Å². The van der Waals surface area contributed by atoms with E-state index in [1.54, 1.807) is 6.07 Å². The van der Waals surface area contributed by atoms with Crippen LogP contribution in [0.25, 0.3) is 10.1 Å². The SMILES string of the molecule is COc1ccc(C2CCC3(CC2)OCCO3)cc1Nc1c(C(=O)Nc2ccc(F)c(C(F)(F)F)c2)sc2cc(C(F)(F)F)ccc12. The van der Waals surface area contributed by atoms with Crippen molar-refractivity contribution in [2.75, 3.05) is 31.0 Å². The Labute approximate surface area is 262 Å². The molecule has 244 valence electrons. The molecule has 6 nitrogen and oxygen atoms in total. The van der Waals surface area contributed by atoms with Gasteiger partial charge in [-0.25, -0.2) is 4.39 Å². The number of ether oxygens (including phenoxy) is 3. The first-order valence-corrected chi connectivity index (χ1v) is 15.1. The molecule has 1 saturated carbocycles. The van der Waals surface area contributed by atoms with Crippen LogP contribution in [-0.2, 0) is 21.8 Å². The lowest BCUT2D eigenvalue weighted by atomic mass is 9.81. The van der Waals surface area contributed by atoms with E-state index in [1.165, 1.54) is 13.2 Å². The van der Waals surface area contributed by atoms with Crippen molar-refractivity contribution in [1.29, 1.82) is 0 Å². The van der Waals surface area contributed by atoms with E-state index < -0.39 is 41.0 Å². The second kappa shape index (κ2) is 12.0. The lowest BCUT2D eigenvalue weighted by molar-refractivity contribution is -0.178. The van der Waals surface area contributed by atoms with Gasteiger partial charge in [0.05, 0.1) is 42.8 Å². The maximum atomic E-state index is 13.9. The van der Waals surface area contributed by atoms with E-state index in [4.69, 9.17) is 14.2 Å². The number of nitrogens with one attached hydrogen (secondary N) is 2. The van der Waals surface area contributed by atoms with Crippen molar-refractivity contribution in [2.45, 2.75) is 49.7 Å². The van der Waals surface area contributed by atoms with Gasteiger partial charge in [0.1, 0.15) is 16.4 Å². The molecule has 2 fully saturated rings. The zero-order chi connectivity index (χ0) is 32.9. The fourth-order valence-electron chi connectivity index (χ4n) is 5.95. The maximum Gasteiger partial charge on any atom is 0.419 e. The van der Waals surface area contributed by atoms with Crippen LogP contribution in [0.2, 0.25) is 0 Å². The smallest absolute Gasteiger partial charge is 0.419 e. The molecule has 46 heavy (non-hydrogen) atoms. The largest absolute Gasteiger partial charge is 0.495 e. The minimum absolute atomic E-state index is 0.102. The summed E-state index contributed by atoms with van der Waals surface area (Å²) >= 11 is 0.731. The fraction of sp³-hybridized carbons (Fsp3) is 0.344. The lowest BCUT2D eigenvalue weighted by Crippen LogP contribution is -2.34. The van der Waals surface area contributed by atoms with Gasteiger partial charge < -0.3 is 24.8 Å². The second-order valence-electron chi connectivity index (χ2n) is 11.1. The number of alkyl halides is 6. The zero-order valence-electron chi connectivity index (χ0n) is 24.2. The highest BCUT2D eigenvalue weighted by Crippen LogP contribution is 2.46. The number of fused-ring (bicyclic) bond motifs is 1. The Morgan fingerprint density at radius 3 is 2.30 bits per heavy atom. The molecular formula is C32H27F7N2O4S. The molecule has 6 rings (SSSR count). The van der Waals surface area contributed by atoms with Crippen molar-refractivity contribution >= 4 is 44.4 Å². The first-order chi connectivity index (χ1) is 21.8. The van der Waals surface area contributed by atoms with Crippen LogP contribution in [0.5, 0.6) is 5.75 Å². The zero-order valence-corrected chi connectivity index (χ0v) is 25.0. The van der Waals surface area contributed by atoms with E-state index in [1.807, 2.05) is 12.1 Å². The Morgan fingerprint density at radius 2 is 1.65 bits per heavy atom. The molecule has 2 heterocycles. The molecule has 0 radical (unpaired) electrons. The summed E-state index contributed by atoms with van der Waals surface area (Å²) in [5.74, 6) is -2.42. The number of amides is 1. The number of anilines is 3. The molecule has 0 atom stereocenters.